The lowest BCUT2D eigenvalue weighted by atomic mass is 10.1. The Hall–Kier alpha value is -2.31. The summed E-state index contributed by atoms with van der Waals surface area (Å²) in [6.45, 7) is 3.95. The van der Waals surface area contributed by atoms with Gasteiger partial charge in [0.15, 0.2) is 0 Å². The van der Waals surface area contributed by atoms with Crippen LogP contribution in [0.25, 0.3) is 6.08 Å². The molecule has 2 heterocycles. The number of imide groups is 1. The summed E-state index contributed by atoms with van der Waals surface area (Å²) in [4.78, 5) is 28.9. The molecule has 0 radical (unpaired) electrons. The van der Waals surface area contributed by atoms with E-state index in [-0.39, 0.29) is 17.1 Å². The van der Waals surface area contributed by atoms with Gasteiger partial charge in [-0.1, -0.05) is 23.7 Å². The molecule has 2 saturated heterocycles. The lowest BCUT2D eigenvalue weighted by molar-refractivity contribution is -0.123. The number of rotatable bonds is 4. The van der Waals surface area contributed by atoms with E-state index in [0.717, 1.165) is 40.9 Å². The fourth-order valence-electron chi connectivity index (χ4n) is 3.61. The van der Waals surface area contributed by atoms with Gasteiger partial charge in [-0.25, -0.2) is 4.39 Å². The predicted octanol–water partition coefficient (Wildman–Crippen LogP) is 5.62. The molecule has 0 N–H and O–H groups in total. The summed E-state index contributed by atoms with van der Waals surface area (Å²) in [5.74, 6) is -0.962. The maximum atomic E-state index is 14.1. The molecule has 0 bridgehead atoms. The Kier molecular flexibility index (Phi) is 5.65. The number of benzene rings is 2. The standard InChI is InChI=1S/C22H20ClFN2O2S/c1-14-11-16(25-9-2-3-10-25)8-7-15(14)12-20-21(27)26(22(28)29-20)13-17-18(23)5-4-6-19(17)24/h4-8,11-12H,2-3,9-10,13H2,1H3. The van der Waals surface area contributed by atoms with Crippen molar-refractivity contribution >= 4 is 46.3 Å². The van der Waals surface area contributed by atoms with Crippen LogP contribution in [0.3, 0.4) is 0 Å². The Morgan fingerprint density at radius 2 is 1.93 bits per heavy atom. The number of carbonyl (C=O) groups is 2. The molecule has 2 aliphatic heterocycles. The Labute approximate surface area is 178 Å². The number of thioether (sulfide) groups is 1. The summed E-state index contributed by atoms with van der Waals surface area (Å²) in [5.41, 5.74) is 3.25. The van der Waals surface area contributed by atoms with Crippen LogP contribution in [0.15, 0.2) is 41.3 Å². The number of hydrogen-bond donors (Lipinski definition) is 0. The molecule has 2 aliphatic rings. The zero-order chi connectivity index (χ0) is 20.5. The maximum absolute atomic E-state index is 14.1. The Morgan fingerprint density at radius 1 is 1.17 bits per heavy atom. The van der Waals surface area contributed by atoms with Crippen LogP contribution in [-0.4, -0.2) is 29.1 Å². The van der Waals surface area contributed by atoms with Crippen LogP contribution < -0.4 is 4.90 Å². The minimum atomic E-state index is -0.533. The van der Waals surface area contributed by atoms with Crippen molar-refractivity contribution in [1.82, 2.24) is 4.90 Å². The molecule has 7 heteroatoms. The van der Waals surface area contributed by atoms with Crippen LogP contribution in [0.2, 0.25) is 5.02 Å². The first-order valence-corrected chi connectivity index (χ1v) is 10.7. The van der Waals surface area contributed by atoms with Crippen molar-refractivity contribution in [3.8, 4) is 0 Å². The van der Waals surface area contributed by atoms with Gasteiger partial charge in [-0.3, -0.25) is 14.5 Å². The van der Waals surface area contributed by atoms with Gasteiger partial charge in [0.25, 0.3) is 11.1 Å². The molecule has 0 unspecified atom stereocenters. The number of amides is 2. The SMILES string of the molecule is Cc1cc(N2CCCC2)ccc1C=C1SC(=O)N(Cc2c(F)cccc2Cl)C1=O. The number of aryl methyl sites for hydroxylation is 1. The van der Waals surface area contributed by atoms with E-state index < -0.39 is 17.0 Å². The molecule has 0 aromatic heterocycles. The number of nitrogens with zero attached hydrogens (tertiary/aromatic N) is 2. The predicted molar refractivity (Wildman–Crippen MR) is 116 cm³/mol. The molecule has 4 nitrogen and oxygen atoms in total. The van der Waals surface area contributed by atoms with Crippen molar-refractivity contribution in [3.05, 3.63) is 68.8 Å². The average molecular weight is 431 g/mol. The van der Waals surface area contributed by atoms with Crippen molar-refractivity contribution in [3.63, 3.8) is 0 Å². The molecule has 0 atom stereocenters. The lowest BCUT2D eigenvalue weighted by Gasteiger charge is -2.18. The smallest absolute Gasteiger partial charge is 0.293 e. The van der Waals surface area contributed by atoms with Gasteiger partial charge in [0.1, 0.15) is 5.82 Å². The second-order valence-corrected chi connectivity index (χ2v) is 8.60. The zero-order valence-electron chi connectivity index (χ0n) is 16.0. The second kappa shape index (κ2) is 8.20. The van der Waals surface area contributed by atoms with Crippen LogP contribution >= 0.6 is 23.4 Å². The monoisotopic (exact) mass is 430 g/mol. The third kappa shape index (κ3) is 4.05. The fraction of sp³-hybridized carbons (Fsp3) is 0.273. The molecular formula is C22H20ClFN2O2S. The highest BCUT2D eigenvalue weighted by atomic mass is 35.5. The molecule has 29 heavy (non-hydrogen) atoms. The van der Waals surface area contributed by atoms with E-state index in [9.17, 15) is 14.0 Å². The molecule has 2 aromatic rings. The molecule has 150 valence electrons. The summed E-state index contributed by atoms with van der Waals surface area (Å²) >= 11 is 6.91. The summed E-state index contributed by atoms with van der Waals surface area (Å²) in [7, 11) is 0. The van der Waals surface area contributed by atoms with Crippen molar-refractivity contribution < 1.29 is 14.0 Å². The number of anilines is 1. The van der Waals surface area contributed by atoms with Gasteiger partial charge in [-0.15, -0.1) is 0 Å². The Bertz CT molecular complexity index is 998. The molecule has 0 spiro atoms. The second-order valence-electron chi connectivity index (χ2n) is 7.20. The van der Waals surface area contributed by atoms with E-state index in [0.29, 0.717) is 4.91 Å². The van der Waals surface area contributed by atoms with Crippen LogP contribution in [0, 0.1) is 12.7 Å². The zero-order valence-corrected chi connectivity index (χ0v) is 17.5. The Morgan fingerprint density at radius 3 is 2.62 bits per heavy atom. The van der Waals surface area contributed by atoms with E-state index in [1.165, 1.54) is 30.7 Å². The Balaban J connectivity index is 1.56. The van der Waals surface area contributed by atoms with Gasteiger partial charge in [-0.2, -0.15) is 0 Å². The number of halogens is 2. The molecule has 0 saturated carbocycles. The van der Waals surface area contributed by atoms with Gasteiger partial charge in [0, 0.05) is 29.4 Å². The van der Waals surface area contributed by atoms with E-state index in [2.05, 4.69) is 11.0 Å². The van der Waals surface area contributed by atoms with Crippen molar-refractivity contribution in [2.75, 3.05) is 18.0 Å². The minimum Gasteiger partial charge on any atom is -0.372 e. The normalized spacial score (nSPS) is 18.4. The quantitative estimate of drug-likeness (QED) is 0.590. The fourth-order valence-corrected chi connectivity index (χ4v) is 4.66. The maximum Gasteiger partial charge on any atom is 0.293 e. The van der Waals surface area contributed by atoms with Crippen LogP contribution in [-0.2, 0) is 11.3 Å². The van der Waals surface area contributed by atoms with E-state index in [1.807, 2.05) is 19.1 Å². The van der Waals surface area contributed by atoms with Gasteiger partial charge in [-0.05, 0) is 73.0 Å². The van der Waals surface area contributed by atoms with E-state index in [1.54, 1.807) is 12.1 Å². The minimum absolute atomic E-state index is 0.142. The highest BCUT2D eigenvalue weighted by Gasteiger charge is 2.36. The van der Waals surface area contributed by atoms with Crippen molar-refractivity contribution in [2.45, 2.75) is 26.3 Å². The van der Waals surface area contributed by atoms with Crippen LogP contribution in [0.4, 0.5) is 14.9 Å². The van der Waals surface area contributed by atoms with Gasteiger partial charge >= 0.3 is 0 Å². The third-order valence-electron chi connectivity index (χ3n) is 5.26. The molecule has 2 fully saturated rings. The van der Waals surface area contributed by atoms with E-state index in [4.69, 9.17) is 11.6 Å². The van der Waals surface area contributed by atoms with E-state index >= 15 is 0 Å². The molecule has 2 amide bonds. The van der Waals surface area contributed by atoms with Gasteiger partial charge in [0.2, 0.25) is 0 Å². The molecule has 4 rings (SSSR count). The lowest BCUT2D eigenvalue weighted by Crippen LogP contribution is -2.28. The largest absolute Gasteiger partial charge is 0.372 e. The van der Waals surface area contributed by atoms with Gasteiger partial charge in [0.05, 0.1) is 11.4 Å². The van der Waals surface area contributed by atoms with Gasteiger partial charge < -0.3 is 4.90 Å². The number of hydrogen-bond acceptors (Lipinski definition) is 4. The third-order valence-corrected chi connectivity index (χ3v) is 6.52. The summed E-state index contributed by atoms with van der Waals surface area (Å²) in [6.07, 6.45) is 4.15. The van der Waals surface area contributed by atoms with Crippen LogP contribution in [0.1, 0.15) is 29.5 Å². The highest BCUT2D eigenvalue weighted by molar-refractivity contribution is 8.18. The average Bonchev–Trinajstić information content (AvgIpc) is 3.30. The van der Waals surface area contributed by atoms with Crippen molar-refractivity contribution in [1.29, 1.82) is 0 Å². The molecule has 0 aliphatic carbocycles. The first-order chi connectivity index (χ1) is 13.9. The summed E-state index contributed by atoms with van der Waals surface area (Å²) < 4.78 is 14.1. The first kappa shape index (κ1) is 20.0. The number of carbonyl (C=O) groups excluding carboxylic acids is 2. The molecule has 2 aromatic carbocycles. The first-order valence-electron chi connectivity index (χ1n) is 9.48. The summed E-state index contributed by atoms with van der Waals surface area (Å²) in [6, 6.07) is 10.4. The summed E-state index contributed by atoms with van der Waals surface area (Å²) in [5, 5.41) is -0.228. The van der Waals surface area contributed by atoms with Crippen molar-refractivity contribution in [2.24, 2.45) is 0 Å². The highest BCUT2D eigenvalue weighted by Crippen LogP contribution is 2.35. The molecular weight excluding hydrogens is 411 g/mol. The topological polar surface area (TPSA) is 40.6 Å². The van der Waals surface area contributed by atoms with Crippen LogP contribution in [0.5, 0.6) is 0 Å².